The number of aliphatic hydroxyl groups is 2. The maximum absolute atomic E-state index is 12.2. The first-order chi connectivity index (χ1) is 8.54. The minimum absolute atomic E-state index is 0.0537. The molecule has 0 amide bonds. The Bertz CT molecular complexity index is 306. The van der Waals surface area contributed by atoms with E-state index in [0.717, 1.165) is 12.8 Å². The average Bonchev–Trinajstić information content (AvgIpc) is 3.19. The fourth-order valence-corrected chi connectivity index (χ4v) is 1.93. The highest BCUT2D eigenvalue weighted by atomic mass is 19.3. The van der Waals surface area contributed by atoms with Gasteiger partial charge in [-0.3, -0.25) is 4.79 Å². The van der Waals surface area contributed by atoms with Crippen LogP contribution in [0, 0.1) is 11.8 Å². The average molecular weight is 264 g/mol. The summed E-state index contributed by atoms with van der Waals surface area (Å²) < 4.78 is 22.1. The van der Waals surface area contributed by atoms with Gasteiger partial charge in [0, 0.05) is 5.92 Å². The first-order valence-electron chi connectivity index (χ1n) is 6.00. The number of hydrogen-bond acceptors (Lipinski definition) is 6. The summed E-state index contributed by atoms with van der Waals surface area (Å²) >= 11 is 0. The molecule has 0 aromatic carbocycles. The molecule has 0 bridgehead atoms. The van der Waals surface area contributed by atoms with Crippen LogP contribution in [-0.2, 0) is 19.2 Å². The lowest BCUT2D eigenvalue weighted by Crippen LogP contribution is -2.55. The van der Waals surface area contributed by atoms with Crippen molar-refractivity contribution in [1.82, 2.24) is 0 Å². The third-order valence-corrected chi connectivity index (χ3v) is 3.43. The highest BCUT2D eigenvalue weighted by Crippen LogP contribution is 2.31. The predicted octanol–water partition coefficient (Wildman–Crippen LogP) is -0.0765. The number of rotatable bonds is 4. The van der Waals surface area contributed by atoms with E-state index in [-0.39, 0.29) is 18.5 Å². The maximum atomic E-state index is 12.2. The number of carbonyl (C=O) groups is 1. The van der Waals surface area contributed by atoms with Crippen molar-refractivity contribution in [2.24, 2.45) is 11.8 Å². The lowest BCUT2D eigenvalue weighted by Gasteiger charge is -2.39. The van der Waals surface area contributed by atoms with Gasteiger partial charge in [-0.05, 0) is 17.4 Å². The van der Waals surface area contributed by atoms with Crippen LogP contribution in [0.3, 0.4) is 0 Å². The van der Waals surface area contributed by atoms with Crippen molar-refractivity contribution in [3.8, 4) is 0 Å². The van der Waals surface area contributed by atoms with Crippen molar-refractivity contribution < 1.29 is 33.9 Å². The molecule has 0 radical (unpaired) electrons. The second kappa shape index (κ2) is 5.48. The molecule has 2 rings (SSSR count). The number of esters is 1. The Kier molecular flexibility index (Phi) is 4.16. The number of aliphatic hydroxyl groups excluding tert-OH is 2. The molecule has 1 saturated heterocycles. The van der Waals surface area contributed by atoms with Crippen LogP contribution in [0.1, 0.15) is 19.8 Å². The smallest absolute Gasteiger partial charge is 0.309 e. The molecule has 1 saturated carbocycles. The summed E-state index contributed by atoms with van der Waals surface area (Å²) in [5, 5.41) is 19.4. The summed E-state index contributed by atoms with van der Waals surface area (Å²) in [5.41, 5.74) is 0. The lowest BCUT2D eigenvalue weighted by molar-refractivity contribution is -0.354. The molecule has 1 aliphatic heterocycles. The zero-order valence-electron chi connectivity index (χ0n) is 9.99. The van der Waals surface area contributed by atoms with Crippen molar-refractivity contribution in [1.29, 1.82) is 0 Å². The van der Waals surface area contributed by atoms with Gasteiger partial charge in [-0.15, -0.1) is 0 Å². The molecule has 104 valence electrons. The zero-order chi connectivity index (χ0) is 13.3. The highest BCUT2D eigenvalue weighted by Gasteiger charge is 2.44. The zero-order valence-corrected chi connectivity index (χ0v) is 9.99. The quantitative estimate of drug-likeness (QED) is 0.691. The Morgan fingerprint density at radius 2 is 2.06 bits per heavy atom. The predicted molar refractivity (Wildman–Crippen MR) is 55.7 cm³/mol. The molecule has 6 nitrogen and oxygen atoms in total. The number of ether oxygens (including phenoxy) is 2. The van der Waals surface area contributed by atoms with E-state index in [1.165, 1.54) is 0 Å². The van der Waals surface area contributed by atoms with Crippen LogP contribution < -0.4 is 0 Å². The third-order valence-electron chi connectivity index (χ3n) is 3.43. The molecule has 0 spiro atoms. The van der Waals surface area contributed by atoms with E-state index >= 15 is 0 Å². The van der Waals surface area contributed by atoms with Crippen LogP contribution in [0.5, 0.6) is 0 Å². The molecule has 2 fully saturated rings. The van der Waals surface area contributed by atoms with E-state index in [0.29, 0.717) is 0 Å². The van der Waals surface area contributed by atoms with Gasteiger partial charge in [-0.2, -0.15) is 4.94 Å². The van der Waals surface area contributed by atoms with Gasteiger partial charge in [0.05, 0.1) is 12.0 Å². The van der Waals surface area contributed by atoms with E-state index in [9.17, 15) is 19.5 Å². The molecule has 3 unspecified atom stereocenters. The normalized spacial score (nSPS) is 40.6. The molecular weight excluding hydrogens is 247 g/mol. The standard InChI is InChI=1S/C11H17FO6/c1-5-8(13)7(17-11(18-12)9(5)14)4-16-10(15)6-2-3-6/h5-9,11,13-14H,2-4H2,1H3/t5?,7?,8-,9+,11?/m0/s1. The fourth-order valence-electron chi connectivity index (χ4n) is 1.93. The van der Waals surface area contributed by atoms with Crippen molar-refractivity contribution in [3.63, 3.8) is 0 Å². The van der Waals surface area contributed by atoms with E-state index in [1.54, 1.807) is 6.92 Å². The topological polar surface area (TPSA) is 85.2 Å². The molecule has 2 N–H and O–H groups in total. The number of carbonyl (C=O) groups excluding carboxylic acids is 1. The van der Waals surface area contributed by atoms with Crippen LogP contribution in [-0.4, -0.2) is 47.4 Å². The van der Waals surface area contributed by atoms with Crippen molar-refractivity contribution >= 4 is 5.97 Å². The molecule has 7 heteroatoms. The van der Waals surface area contributed by atoms with E-state index < -0.39 is 30.5 Å². The molecule has 1 aliphatic carbocycles. The first kappa shape index (κ1) is 13.7. The monoisotopic (exact) mass is 264 g/mol. The molecule has 0 aromatic rings. The summed E-state index contributed by atoms with van der Waals surface area (Å²) in [5.74, 6) is -1.02. The minimum atomic E-state index is -1.46. The molecular formula is C11H17FO6. The van der Waals surface area contributed by atoms with Crippen molar-refractivity contribution in [2.45, 2.75) is 44.4 Å². The summed E-state index contributed by atoms with van der Waals surface area (Å²) in [7, 11) is 0. The van der Waals surface area contributed by atoms with Gasteiger partial charge in [-0.25, -0.2) is 0 Å². The Labute approximate surface area is 104 Å². The molecule has 0 aromatic heterocycles. The third kappa shape index (κ3) is 2.80. The molecule has 5 atom stereocenters. The van der Waals surface area contributed by atoms with E-state index in [4.69, 9.17) is 9.47 Å². The maximum Gasteiger partial charge on any atom is 0.309 e. The van der Waals surface area contributed by atoms with E-state index in [1.807, 2.05) is 0 Å². The van der Waals surface area contributed by atoms with Crippen molar-refractivity contribution in [3.05, 3.63) is 0 Å². The summed E-state index contributed by atoms with van der Waals surface area (Å²) in [6, 6.07) is 0. The Morgan fingerprint density at radius 3 is 2.61 bits per heavy atom. The first-order valence-corrected chi connectivity index (χ1v) is 6.00. The van der Waals surface area contributed by atoms with Crippen LogP contribution in [0.4, 0.5) is 4.53 Å². The SMILES string of the molecule is CC1[C@H](O)C(COC(=O)C2CC2)OC(OF)[C@@H]1O. The fraction of sp³-hybridized carbons (Fsp3) is 0.909. The second-order valence-electron chi connectivity index (χ2n) is 4.88. The van der Waals surface area contributed by atoms with Gasteiger partial charge in [0.15, 0.2) is 0 Å². The van der Waals surface area contributed by atoms with Gasteiger partial charge in [0.25, 0.3) is 0 Å². The number of hydrogen-bond donors (Lipinski definition) is 2. The number of halogens is 1. The van der Waals surface area contributed by atoms with Gasteiger partial charge >= 0.3 is 5.97 Å². The summed E-state index contributed by atoms with van der Waals surface area (Å²) in [6.45, 7) is 1.37. The lowest BCUT2D eigenvalue weighted by atomic mass is 9.91. The van der Waals surface area contributed by atoms with Gasteiger partial charge in [0.2, 0.25) is 6.29 Å². The molecule has 2 aliphatic rings. The van der Waals surface area contributed by atoms with Gasteiger partial charge in [0.1, 0.15) is 18.8 Å². The molecule has 1 heterocycles. The Morgan fingerprint density at radius 1 is 1.39 bits per heavy atom. The Balaban J connectivity index is 1.87. The van der Waals surface area contributed by atoms with Crippen LogP contribution in [0.15, 0.2) is 0 Å². The van der Waals surface area contributed by atoms with Crippen molar-refractivity contribution in [2.75, 3.05) is 6.61 Å². The second-order valence-corrected chi connectivity index (χ2v) is 4.88. The highest BCUT2D eigenvalue weighted by molar-refractivity contribution is 5.74. The van der Waals surface area contributed by atoms with Crippen LogP contribution in [0.25, 0.3) is 0 Å². The van der Waals surface area contributed by atoms with Crippen LogP contribution >= 0.6 is 0 Å². The largest absolute Gasteiger partial charge is 0.463 e. The van der Waals surface area contributed by atoms with Gasteiger partial charge < -0.3 is 19.7 Å². The molecule has 18 heavy (non-hydrogen) atoms. The van der Waals surface area contributed by atoms with Crippen LogP contribution in [0.2, 0.25) is 0 Å². The summed E-state index contributed by atoms with van der Waals surface area (Å²) in [6.07, 6.45) is -3.03. The Hall–Kier alpha value is -0.760. The van der Waals surface area contributed by atoms with Gasteiger partial charge in [-0.1, -0.05) is 6.92 Å². The summed E-state index contributed by atoms with van der Waals surface area (Å²) in [4.78, 5) is 14.8. The van der Waals surface area contributed by atoms with E-state index in [2.05, 4.69) is 4.94 Å². The minimum Gasteiger partial charge on any atom is -0.463 e.